The third kappa shape index (κ3) is 4.55. The molecular weight excluding hydrogens is 330 g/mol. The summed E-state index contributed by atoms with van der Waals surface area (Å²) in [6.07, 6.45) is -0.977. The minimum atomic E-state index is -0.602. The molecule has 5 nitrogen and oxygen atoms in total. The van der Waals surface area contributed by atoms with E-state index in [9.17, 15) is 9.90 Å². The Labute approximate surface area is 154 Å². The van der Waals surface area contributed by atoms with Crippen LogP contribution in [0.3, 0.4) is 0 Å². The van der Waals surface area contributed by atoms with Crippen molar-refractivity contribution >= 4 is 6.09 Å². The van der Waals surface area contributed by atoms with E-state index in [0.717, 1.165) is 11.1 Å². The van der Waals surface area contributed by atoms with Crippen LogP contribution >= 0.6 is 0 Å². The molecule has 2 aromatic rings. The van der Waals surface area contributed by atoms with E-state index in [4.69, 9.17) is 9.47 Å². The van der Waals surface area contributed by atoms with Crippen molar-refractivity contribution < 1.29 is 19.4 Å². The Morgan fingerprint density at radius 1 is 1.15 bits per heavy atom. The fraction of sp³-hybridized carbons (Fsp3) is 0.381. The molecule has 2 atom stereocenters. The molecule has 0 aliphatic carbocycles. The maximum Gasteiger partial charge on any atom is 0.410 e. The molecule has 2 aromatic carbocycles. The SMILES string of the molecule is Cc1ccc(O[C@@H]2CN(C(=O)OCc3ccccc3)CC[C@H]2O)cc1C. The molecule has 3 rings (SSSR count). The van der Waals surface area contributed by atoms with Crippen LogP contribution in [0.25, 0.3) is 0 Å². The van der Waals surface area contributed by atoms with E-state index in [0.29, 0.717) is 25.3 Å². The average molecular weight is 355 g/mol. The van der Waals surface area contributed by atoms with Gasteiger partial charge in [-0.1, -0.05) is 36.4 Å². The summed E-state index contributed by atoms with van der Waals surface area (Å²) >= 11 is 0. The Bertz CT molecular complexity index is 747. The Hall–Kier alpha value is -2.53. The first-order chi connectivity index (χ1) is 12.5. The van der Waals surface area contributed by atoms with E-state index in [2.05, 4.69) is 0 Å². The third-order valence-corrected chi connectivity index (χ3v) is 4.75. The van der Waals surface area contributed by atoms with Crippen molar-refractivity contribution in [3.05, 3.63) is 65.2 Å². The van der Waals surface area contributed by atoms with Crippen molar-refractivity contribution in [2.45, 2.75) is 39.1 Å². The molecule has 0 spiro atoms. The summed E-state index contributed by atoms with van der Waals surface area (Å²) in [7, 11) is 0. The summed E-state index contributed by atoms with van der Waals surface area (Å²) in [6, 6.07) is 15.4. The lowest BCUT2D eigenvalue weighted by Gasteiger charge is -2.35. The molecule has 0 aromatic heterocycles. The monoisotopic (exact) mass is 355 g/mol. The van der Waals surface area contributed by atoms with Crippen molar-refractivity contribution in [3.63, 3.8) is 0 Å². The number of carbonyl (C=O) groups excluding carboxylic acids is 1. The van der Waals surface area contributed by atoms with Gasteiger partial charge in [-0.2, -0.15) is 0 Å². The molecule has 1 heterocycles. The third-order valence-electron chi connectivity index (χ3n) is 4.75. The van der Waals surface area contributed by atoms with Crippen LogP contribution < -0.4 is 4.74 Å². The van der Waals surface area contributed by atoms with Gasteiger partial charge < -0.3 is 19.5 Å². The number of rotatable bonds is 4. The number of piperidine rings is 1. The van der Waals surface area contributed by atoms with Gasteiger partial charge in [0.1, 0.15) is 18.5 Å². The van der Waals surface area contributed by atoms with Crippen molar-refractivity contribution in [1.29, 1.82) is 0 Å². The molecule has 0 unspecified atom stereocenters. The first kappa shape index (κ1) is 18.3. The van der Waals surface area contributed by atoms with Crippen molar-refractivity contribution in [1.82, 2.24) is 4.90 Å². The number of hydrogen-bond donors (Lipinski definition) is 1. The highest BCUT2D eigenvalue weighted by Gasteiger charge is 2.32. The number of aryl methyl sites for hydroxylation is 2. The number of aliphatic hydroxyl groups is 1. The highest BCUT2D eigenvalue weighted by molar-refractivity contribution is 5.67. The van der Waals surface area contributed by atoms with Crippen LogP contribution in [0.2, 0.25) is 0 Å². The number of aliphatic hydroxyl groups excluding tert-OH is 1. The minimum absolute atomic E-state index is 0.238. The molecule has 1 aliphatic rings. The van der Waals surface area contributed by atoms with Gasteiger partial charge in [0.25, 0.3) is 0 Å². The van der Waals surface area contributed by atoms with Crippen molar-refractivity contribution in [2.24, 2.45) is 0 Å². The molecule has 0 radical (unpaired) electrons. The second-order valence-electron chi connectivity index (χ2n) is 6.74. The van der Waals surface area contributed by atoms with E-state index in [-0.39, 0.29) is 12.7 Å². The number of likely N-dealkylation sites (tertiary alicyclic amines) is 1. The van der Waals surface area contributed by atoms with Gasteiger partial charge in [-0.15, -0.1) is 0 Å². The first-order valence-electron chi connectivity index (χ1n) is 8.90. The zero-order valence-corrected chi connectivity index (χ0v) is 15.2. The van der Waals surface area contributed by atoms with Crippen LogP contribution in [-0.2, 0) is 11.3 Å². The average Bonchev–Trinajstić information content (AvgIpc) is 2.65. The maximum absolute atomic E-state index is 12.3. The molecule has 0 saturated carbocycles. The summed E-state index contributed by atoms with van der Waals surface area (Å²) < 4.78 is 11.3. The lowest BCUT2D eigenvalue weighted by atomic mass is 10.0. The van der Waals surface area contributed by atoms with Gasteiger partial charge in [0.05, 0.1) is 12.6 Å². The van der Waals surface area contributed by atoms with Crippen LogP contribution in [0.1, 0.15) is 23.1 Å². The largest absolute Gasteiger partial charge is 0.486 e. The van der Waals surface area contributed by atoms with Crippen LogP contribution in [0.4, 0.5) is 4.79 Å². The summed E-state index contributed by atoms with van der Waals surface area (Å²) in [6.45, 7) is 5.07. The predicted octanol–water partition coefficient (Wildman–Crippen LogP) is 3.45. The number of nitrogens with zero attached hydrogens (tertiary/aromatic N) is 1. The summed E-state index contributed by atoms with van der Waals surface area (Å²) in [5.41, 5.74) is 3.26. The van der Waals surface area contributed by atoms with Gasteiger partial charge in [-0.25, -0.2) is 4.79 Å². The van der Waals surface area contributed by atoms with E-state index >= 15 is 0 Å². The summed E-state index contributed by atoms with van der Waals surface area (Å²) in [5.74, 6) is 0.705. The highest BCUT2D eigenvalue weighted by atomic mass is 16.6. The van der Waals surface area contributed by atoms with Gasteiger partial charge >= 0.3 is 6.09 Å². The fourth-order valence-electron chi connectivity index (χ4n) is 2.96. The van der Waals surface area contributed by atoms with Gasteiger partial charge in [0.2, 0.25) is 0 Å². The number of ether oxygens (including phenoxy) is 2. The fourth-order valence-corrected chi connectivity index (χ4v) is 2.96. The zero-order valence-electron chi connectivity index (χ0n) is 15.2. The predicted molar refractivity (Wildman–Crippen MR) is 99.2 cm³/mol. The number of carbonyl (C=O) groups is 1. The molecule has 1 aliphatic heterocycles. The van der Waals surface area contributed by atoms with E-state index in [1.54, 1.807) is 4.90 Å². The van der Waals surface area contributed by atoms with Crippen LogP contribution in [0, 0.1) is 13.8 Å². The normalized spacial score (nSPS) is 19.9. The summed E-state index contributed by atoms with van der Waals surface area (Å²) in [4.78, 5) is 13.9. The zero-order chi connectivity index (χ0) is 18.5. The lowest BCUT2D eigenvalue weighted by molar-refractivity contribution is -0.0245. The molecule has 1 N–H and O–H groups in total. The molecule has 1 amide bonds. The smallest absolute Gasteiger partial charge is 0.410 e. The van der Waals surface area contributed by atoms with Crippen LogP contribution in [-0.4, -0.2) is 41.4 Å². The van der Waals surface area contributed by atoms with Crippen molar-refractivity contribution in [3.8, 4) is 5.75 Å². The Morgan fingerprint density at radius 2 is 1.92 bits per heavy atom. The van der Waals surface area contributed by atoms with Gasteiger partial charge in [-0.05, 0) is 49.1 Å². The Balaban J connectivity index is 1.58. The molecule has 5 heteroatoms. The van der Waals surface area contributed by atoms with Crippen molar-refractivity contribution in [2.75, 3.05) is 13.1 Å². The molecule has 1 fully saturated rings. The van der Waals surface area contributed by atoms with Gasteiger partial charge in [-0.3, -0.25) is 0 Å². The number of amides is 1. The molecule has 26 heavy (non-hydrogen) atoms. The number of hydrogen-bond acceptors (Lipinski definition) is 4. The standard InChI is InChI=1S/C21H25NO4/c1-15-8-9-18(12-16(15)2)26-20-13-22(11-10-19(20)23)21(24)25-14-17-6-4-3-5-7-17/h3-9,12,19-20,23H,10-11,13-14H2,1-2H3/t19-,20-/m1/s1. The summed E-state index contributed by atoms with van der Waals surface area (Å²) in [5, 5.41) is 10.3. The first-order valence-corrected chi connectivity index (χ1v) is 8.90. The molecule has 0 bridgehead atoms. The molecule has 138 valence electrons. The molecular formula is C21H25NO4. The highest BCUT2D eigenvalue weighted by Crippen LogP contribution is 2.22. The maximum atomic E-state index is 12.3. The number of benzene rings is 2. The second-order valence-corrected chi connectivity index (χ2v) is 6.74. The lowest BCUT2D eigenvalue weighted by Crippen LogP contribution is -2.51. The topological polar surface area (TPSA) is 59.0 Å². The van der Waals surface area contributed by atoms with Crippen LogP contribution in [0.15, 0.2) is 48.5 Å². The quantitative estimate of drug-likeness (QED) is 0.913. The second kappa shape index (κ2) is 8.23. The van der Waals surface area contributed by atoms with Gasteiger partial charge in [0, 0.05) is 6.54 Å². The van der Waals surface area contributed by atoms with E-state index < -0.39 is 12.2 Å². The Kier molecular flexibility index (Phi) is 5.78. The Morgan fingerprint density at radius 3 is 2.65 bits per heavy atom. The van der Waals surface area contributed by atoms with E-state index in [1.807, 2.05) is 62.4 Å². The molecule has 1 saturated heterocycles. The van der Waals surface area contributed by atoms with Crippen LogP contribution in [0.5, 0.6) is 5.75 Å². The minimum Gasteiger partial charge on any atom is -0.486 e. The van der Waals surface area contributed by atoms with E-state index in [1.165, 1.54) is 5.56 Å². The van der Waals surface area contributed by atoms with Gasteiger partial charge in [0.15, 0.2) is 0 Å².